The van der Waals surface area contributed by atoms with E-state index in [-0.39, 0.29) is 12.5 Å². The van der Waals surface area contributed by atoms with E-state index in [2.05, 4.69) is 21.2 Å². The van der Waals surface area contributed by atoms with Crippen LogP contribution < -0.4 is 10.9 Å². The van der Waals surface area contributed by atoms with Gasteiger partial charge in [-0.2, -0.15) is 0 Å². The van der Waals surface area contributed by atoms with E-state index in [1.807, 2.05) is 6.92 Å². The van der Waals surface area contributed by atoms with Gasteiger partial charge >= 0.3 is 5.63 Å². The summed E-state index contributed by atoms with van der Waals surface area (Å²) in [6, 6.07) is 11.9. The van der Waals surface area contributed by atoms with Crippen molar-refractivity contribution in [2.75, 3.05) is 0 Å². The number of carbonyl (C=O) groups excluding carboxylic acids is 1. The molecule has 1 amide bonds. The summed E-state index contributed by atoms with van der Waals surface area (Å²) < 4.78 is 6.11. The summed E-state index contributed by atoms with van der Waals surface area (Å²) in [6.45, 7) is 2.04. The van der Waals surface area contributed by atoms with Crippen LogP contribution in [0.2, 0.25) is 5.02 Å². The van der Waals surface area contributed by atoms with Crippen LogP contribution in [0.1, 0.15) is 21.5 Å². The highest BCUT2D eigenvalue weighted by Crippen LogP contribution is 2.25. The lowest BCUT2D eigenvalue weighted by molar-refractivity contribution is 0.0951. The fourth-order valence-electron chi connectivity index (χ4n) is 2.37. The van der Waals surface area contributed by atoms with Crippen molar-refractivity contribution in [1.29, 1.82) is 0 Å². The fraction of sp³-hybridized carbons (Fsp3) is 0.111. The number of hydrogen-bond acceptors (Lipinski definition) is 3. The quantitative estimate of drug-likeness (QED) is 0.654. The Kier molecular flexibility index (Phi) is 4.73. The van der Waals surface area contributed by atoms with Crippen molar-refractivity contribution in [3.05, 3.63) is 79.1 Å². The molecule has 1 aromatic heterocycles. The number of fused-ring (bicyclic) bond motifs is 1. The second kappa shape index (κ2) is 6.79. The van der Waals surface area contributed by atoms with Gasteiger partial charge in [-0.25, -0.2) is 4.79 Å². The van der Waals surface area contributed by atoms with Crippen molar-refractivity contribution < 1.29 is 9.21 Å². The molecule has 24 heavy (non-hydrogen) atoms. The van der Waals surface area contributed by atoms with E-state index in [9.17, 15) is 9.59 Å². The minimum atomic E-state index is -0.461. The molecule has 0 saturated heterocycles. The lowest BCUT2D eigenvalue weighted by atomic mass is 10.1. The van der Waals surface area contributed by atoms with Gasteiger partial charge in [-0.1, -0.05) is 27.5 Å². The molecule has 0 unspecified atom stereocenters. The van der Waals surface area contributed by atoms with E-state index in [4.69, 9.17) is 16.0 Å². The van der Waals surface area contributed by atoms with Crippen LogP contribution >= 0.6 is 27.5 Å². The van der Waals surface area contributed by atoms with Gasteiger partial charge in [0.1, 0.15) is 5.58 Å². The summed E-state index contributed by atoms with van der Waals surface area (Å²) in [4.78, 5) is 24.0. The summed E-state index contributed by atoms with van der Waals surface area (Å²) in [5.74, 6) is -0.220. The molecular formula is C18H13BrClNO3. The van der Waals surface area contributed by atoms with Crippen molar-refractivity contribution in [2.45, 2.75) is 13.5 Å². The third-order valence-corrected chi connectivity index (χ3v) is 4.59. The Morgan fingerprint density at radius 2 is 1.92 bits per heavy atom. The van der Waals surface area contributed by atoms with E-state index >= 15 is 0 Å². The van der Waals surface area contributed by atoms with Crippen LogP contribution in [-0.2, 0) is 6.54 Å². The Balaban J connectivity index is 1.89. The number of amides is 1. The van der Waals surface area contributed by atoms with Gasteiger partial charge in [0, 0.05) is 33.1 Å². The number of hydrogen-bond donors (Lipinski definition) is 1. The van der Waals surface area contributed by atoms with E-state index in [0.29, 0.717) is 27.1 Å². The maximum absolute atomic E-state index is 12.2. The van der Waals surface area contributed by atoms with Gasteiger partial charge in [0.25, 0.3) is 5.91 Å². The van der Waals surface area contributed by atoms with Gasteiger partial charge in [0.15, 0.2) is 0 Å². The highest BCUT2D eigenvalue weighted by molar-refractivity contribution is 9.10. The summed E-state index contributed by atoms with van der Waals surface area (Å²) in [5, 5.41) is 4.10. The minimum absolute atomic E-state index is 0.205. The predicted molar refractivity (Wildman–Crippen MR) is 97.5 cm³/mol. The summed E-state index contributed by atoms with van der Waals surface area (Å²) in [5.41, 5.74) is 2.02. The summed E-state index contributed by atoms with van der Waals surface area (Å²) in [7, 11) is 0. The molecule has 6 heteroatoms. The molecule has 0 saturated carbocycles. The molecule has 0 atom stereocenters. The van der Waals surface area contributed by atoms with Crippen LogP contribution in [-0.4, -0.2) is 5.91 Å². The zero-order chi connectivity index (χ0) is 17.3. The lowest BCUT2D eigenvalue weighted by Crippen LogP contribution is -2.23. The molecule has 3 aromatic rings. The number of benzene rings is 2. The first-order valence-corrected chi connectivity index (χ1v) is 8.38. The normalized spacial score (nSPS) is 10.8. The maximum atomic E-state index is 12.2. The standard InChI is InChI=1S/C18H13BrClNO3/c1-10-6-16-14(8-15(10)20)12(7-17(22)24-16)9-21-18(23)11-2-4-13(19)5-3-11/h2-8H,9H2,1H3,(H,21,23). The maximum Gasteiger partial charge on any atom is 0.336 e. The largest absolute Gasteiger partial charge is 0.423 e. The van der Waals surface area contributed by atoms with Gasteiger partial charge in [-0.3, -0.25) is 4.79 Å². The summed E-state index contributed by atoms with van der Waals surface area (Å²) >= 11 is 9.49. The monoisotopic (exact) mass is 405 g/mol. The van der Waals surface area contributed by atoms with E-state index in [1.54, 1.807) is 36.4 Å². The van der Waals surface area contributed by atoms with E-state index in [0.717, 1.165) is 10.0 Å². The minimum Gasteiger partial charge on any atom is -0.423 e. The molecule has 0 fully saturated rings. The van der Waals surface area contributed by atoms with Crippen molar-refractivity contribution in [3.63, 3.8) is 0 Å². The molecule has 3 rings (SSSR count). The van der Waals surface area contributed by atoms with Gasteiger partial charge in [-0.05, 0) is 54.4 Å². The first-order valence-electron chi connectivity index (χ1n) is 7.20. The van der Waals surface area contributed by atoms with Crippen LogP contribution in [0.5, 0.6) is 0 Å². The molecule has 2 aromatic carbocycles. The summed E-state index contributed by atoms with van der Waals surface area (Å²) in [6.07, 6.45) is 0. The first kappa shape index (κ1) is 16.7. The van der Waals surface area contributed by atoms with Crippen LogP contribution in [0.4, 0.5) is 0 Å². The van der Waals surface area contributed by atoms with Gasteiger partial charge < -0.3 is 9.73 Å². The third-order valence-electron chi connectivity index (χ3n) is 3.66. The number of halogens is 2. The average Bonchev–Trinajstić information content (AvgIpc) is 2.54. The Hall–Kier alpha value is -2.11. The second-order valence-electron chi connectivity index (χ2n) is 5.38. The predicted octanol–water partition coefficient (Wildman–Crippen LogP) is 4.45. The Bertz CT molecular complexity index is 980. The molecule has 0 aliphatic carbocycles. The molecule has 0 spiro atoms. The Morgan fingerprint density at radius 3 is 2.62 bits per heavy atom. The van der Waals surface area contributed by atoms with Crippen molar-refractivity contribution in [2.24, 2.45) is 0 Å². The van der Waals surface area contributed by atoms with Gasteiger partial charge in [-0.15, -0.1) is 0 Å². The Morgan fingerprint density at radius 1 is 1.21 bits per heavy atom. The number of nitrogens with one attached hydrogen (secondary N) is 1. The van der Waals surface area contributed by atoms with Crippen molar-refractivity contribution in [3.8, 4) is 0 Å². The van der Waals surface area contributed by atoms with Crippen molar-refractivity contribution >= 4 is 44.4 Å². The highest BCUT2D eigenvalue weighted by Gasteiger charge is 2.11. The average molecular weight is 407 g/mol. The second-order valence-corrected chi connectivity index (χ2v) is 6.70. The first-order chi connectivity index (χ1) is 11.4. The molecule has 4 nitrogen and oxygen atoms in total. The lowest BCUT2D eigenvalue weighted by Gasteiger charge is -2.09. The molecule has 122 valence electrons. The topological polar surface area (TPSA) is 59.3 Å². The fourth-order valence-corrected chi connectivity index (χ4v) is 2.80. The number of carbonyl (C=O) groups is 1. The molecule has 0 radical (unpaired) electrons. The molecule has 0 bridgehead atoms. The van der Waals surface area contributed by atoms with E-state index in [1.165, 1.54) is 6.07 Å². The third kappa shape index (κ3) is 3.52. The van der Waals surface area contributed by atoms with Crippen LogP contribution in [0.15, 0.2) is 56.1 Å². The van der Waals surface area contributed by atoms with Crippen LogP contribution in [0, 0.1) is 6.92 Å². The van der Waals surface area contributed by atoms with Gasteiger partial charge in [0.2, 0.25) is 0 Å². The molecule has 1 heterocycles. The van der Waals surface area contributed by atoms with E-state index < -0.39 is 5.63 Å². The zero-order valence-electron chi connectivity index (χ0n) is 12.7. The van der Waals surface area contributed by atoms with Crippen LogP contribution in [0.25, 0.3) is 11.0 Å². The van der Waals surface area contributed by atoms with Gasteiger partial charge in [0.05, 0.1) is 0 Å². The van der Waals surface area contributed by atoms with Crippen molar-refractivity contribution in [1.82, 2.24) is 5.32 Å². The highest BCUT2D eigenvalue weighted by atomic mass is 79.9. The number of rotatable bonds is 3. The molecular weight excluding hydrogens is 394 g/mol. The SMILES string of the molecule is Cc1cc2oc(=O)cc(CNC(=O)c3ccc(Br)cc3)c2cc1Cl. The smallest absolute Gasteiger partial charge is 0.336 e. The molecule has 1 N–H and O–H groups in total. The number of aryl methyl sites for hydroxylation is 1. The molecule has 0 aliphatic rings. The Labute approximate surface area is 151 Å². The van der Waals surface area contributed by atoms with Crippen LogP contribution in [0.3, 0.4) is 0 Å². The molecule has 0 aliphatic heterocycles. The zero-order valence-corrected chi connectivity index (χ0v) is 15.1.